The van der Waals surface area contributed by atoms with Gasteiger partial charge in [0, 0.05) is 41.2 Å². The zero-order chi connectivity index (χ0) is 14.1. The Hall–Kier alpha value is -1.85. The molecule has 5 heteroatoms. The third-order valence-electron chi connectivity index (χ3n) is 4.04. The lowest BCUT2D eigenvalue weighted by atomic mass is 10.1. The van der Waals surface area contributed by atoms with Crippen LogP contribution in [0.3, 0.4) is 0 Å². The fraction of sp³-hybridized carbons (Fsp3) is 0.400. The van der Waals surface area contributed by atoms with Crippen LogP contribution < -0.4 is 5.32 Å². The van der Waals surface area contributed by atoms with Crippen molar-refractivity contribution in [2.75, 3.05) is 6.61 Å². The summed E-state index contributed by atoms with van der Waals surface area (Å²) in [4.78, 5) is 15.3. The summed E-state index contributed by atoms with van der Waals surface area (Å²) in [6, 6.07) is 7.35. The smallest absolute Gasteiger partial charge is 0.251 e. The molecule has 0 bridgehead atoms. The Balaban J connectivity index is 1.70. The largest absolute Gasteiger partial charge is 0.396 e. The van der Waals surface area contributed by atoms with Gasteiger partial charge >= 0.3 is 0 Å². The molecular formula is C15H18N2O3. The molecule has 2 aromatic rings. The van der Waals surface area contributed by atoms with Crippen LogP contribution in [0.25, 0.3) is 10.9 Å². The van der Waals surface area contributed by atoms with E-state index in [0.717, 1.165) is 10.9 Å². The number of carbonyl (C=O) groups excluding carboxylic acids is 1. The predicted octanol–water partition coefficient (Wildman–Crippen LogP) is 1.03. The molecule has 0 saturated heterocycles. The summed E-state index contributed by atoms with van der Waals surface area (Å²) in [6.07, 6.45) is 2.43. The second kappa shape index (κ2) is 5.26. The molecule has 0 spiro atoms. The quantitative estimate of drug-likeness (QED) is 0.674. The van der Waals surface area contributed by atoms with Gasteiger partial charge in [0.15, 0.2) is 0 Å². The number of fused-ring (bicyclic) bond motifs is 1. The summed E-state index contributed by atoms with van der Waals surface area (Å²) in [7, 11) is 0. The third kappa shape index (κ3) is 2.42. The number of nitrogens with one attached hydrogen (secondary N) is 2. The van der Waals surface area contributed by atoms with E-state index < -0.39 is 6.10 Å². The lowest BCUT2D eigenvalue weighted by Gasteiger charge is -2.12. The molecule has 1 fully saturated rings. The number of rotatable bonds is 3. The maximum Gasteiger partial charge on any atom is 0.251 e. The van der Waals surface area contributed by atoms with Gasteiger partial charge < -0.3 is 20.5 Å². The van der Waals surface area contributed by atoms with E-state index in [1.54, 1.807) is 6.07 Å². The molecule has 1 amide bonds. The Morgan fingerprint density at radius 1 is 1.35 bits per heavy atom. The van der Waals surface area contributed by atoms with E-state index in [4.69, 9.17) is 5.11 Å². The van der Waals surface area contributed by atoms with Crippen molar-refractivity contribution in [3.8, 4) is 0 Å². The minimum absolute atomic E-state index is 0.0388. The van der Waals surface area contributed by atoms with E-state index in [0.29, 0.717) is 18.4 Å². The minimum atomic E-state index is -0.530. The van der Waals surface area contributed by atoms with Crippen molar-refractivity contribution >= 4 is 16.8 Å². The van der Waals surface area contributed by atoms with E-state index in [1.165, 1.54) is 0 Å². The first-order valence-corrected chi connectivity index (χ1v) is 6.84. The Morgan fingerprint density at radius 3 is 2.95 bits per heavy atom. The Kier molecular flexibility index (Phi) is 3.46. The minimum Gasteiger partial charge on any atom is -0.396 e. The molecule has 3 atom stereocenters. The lowest BCUT2D eigenvalue weighted by Crippen LogP contribution is -2.33. The molecule has 106 valence electrons. The normalized spacial score (nSPS) is 26.0. The molecule has 3 rings (SSSR count). The number of hydrogen-bond acceptors (Lipinski definition) is 3. The van der Waals surface area contributed by atoms with Crippen LogP contribution in [-0.4, -0.2) is 39.9 Å². The maximum atomic E-state index is 12.2. The number of aromatic nitrogens is 1. The number of aromatic amines is 1. The van der Waals surface area contributed by atoms with Gasteiger partial charge in [-0.25, -0.2) is 0 Å². The molecule has 20 heavy (non-hydrogen) atoms. The van der Waals surface area contributed by atoms with Crippen molar-refractivity contribution in [3.63, 3.8) is 0 Å². The highest BCUT2D eigenvalue weighted by Crippen LogP contribution is 2.26. The van der Waals surface area contributed by atoms with Gasteiger partial charge in [-0.3, -0.25) is 4.79 Å². The van der Waals surface area contributed by atoms with Crippen LogP contribution in [0.2, 0.25) is 0 Å². The van der Waals surface area contributed by atoms with Gasteiger partial charge in [0.1, 0.15) is 0 Å². The van der Waals surface area contributed by atoms with Crippen LogP contribution in [0.4, 0.5) is 0 Å². The standard InChI is InChI=1S/C15H18N2O3/c18-8-11-6-12(7-14(11)19)17-15(20)10-1-2-13-9(5-10)3-4-16-13/h1-5,11-12,14,16,18-19H,6-8H2,(H,17,20)/t11-,12+,14+/m1/s1. The first-order valence-electron chi connectivity index (χ1n) is 6.84. The first-order chi connectivity index (χ1) is 9.67. The van der Waals surface area contributed by atoms with Gasteiger partial charge in [0.2, 0.25) is 0 Å². The van der Waals surface area contributed by atoms with Crippen molar-refractivity contribution in [2.45, 2.75) is 25.0 Å². The number of carbonyl (C=O) groups is 1. The maximum absolute atomic E-state index is 12.2. The molecular weight excluding hydrogens is 256 g/mol. The predicted molar refractivity (Wildman–Crippen MR) is 75.4 cm³/mol. The van der Waals surface area contributed by atoms with Crippen LogP contribution in [0, 0.1) is 5.92 Å². The zero-order valence-electron chi connectivity index (χ0n) is 11.0. The summed E-state index contributed by atoms with van der Waals surface area (Å²) >= 11 is 0. The molecule has 1 aromatic heterocycles. The fourth-order valence-corrected chi connectivity index (χ4v) is 2.88. The molecule has 1 heterocycles. The number of H-pyrrole nitrogens is 1. The van der Waals surface area contributed by atoms with E-state index in [2.05, 4.69) is 10.3 Å². The molecule has 0 aliphatic heterocycles. The molecule has 1 aromatic carbocycles. The summed E-state index contributed by atoms with van der Waals surface area (Å²) in [5.74, 6) is -0.267. The van der Waals surface area contributed by atoms with Crippen LogP contribution in [0.15, 0.2) is 30.5 Å². The highest BCUT2D eigenvalue weighted by atomic mass is 16.3. The van der Waals surface area contributed by atoms with Crippen molar-refractivity contribution in [1.29, 1.82) is 0 Å². The first kappa shape index (κ1) is 13.1. The number of aliphatic hydroxyl groups excluding tert-OH is 2. The molecule has 4 N–H and O–H groups in total. The average Bonchev–Trinajstić information content (AvgIpc) is 3.03. The highest BCUT2D eigenvalue weighted by molar-refractivity contribution is 5.98. The van der Waals surface area contributed by atoms with Crippen LogP contribution in [0.5, 0.6) is 0 Å². The lowest BCUT2D eigenvalue weighted by molar-refractivity contribution is 0.0903. The van der Waals surface area contributed by atoms with Crippen LogP contribution in [-0.2, 0) is 0 Å². The van der Waals surface area contributed by atoms with E-state index in [1.807, 2.05) is 24.4 Å². The third-order valence-corrected chi connectivity index (χ3v) is 4.04. The van der Waals surface area contributed by atoms with E-state index >= 15 is 0 Å². The summed E-state index contributed by atoms with van der Waals surface area (Å²) in [5, 5.41) is 22.8. The zero-order valence-corrected chi connectivity index (χ0v) is 11.0. The number of aliphatic hydroxyl groups is 2. The van der Waals surface area contributed by atoms with Gasteiger partial charge in [-0.1, -0.05) is 0 Å². The topological polar surface area (TPSA) is 85.3 Å². The fourth-order valence-electron chi connectivity index (χ4n) is 2.88. The molecule has 0 unspecified atom stereocenters. The van der Waals surface area contributed by atoms with Crippen LogP contribution >= 0.6 is 0 Å². The van der Waals surface area contributed by atoms with Crippen molar-refractivity contribution < 1.29 is 15.0 Å². The van der Waals surface area contributed by atoms with Crippen LogP contribution in [0.1, 0.15) is 23.2 Å². The van der Waals surface area contributed by atoms with Crippen molar-refractivity contribution in [2.24, 2.45) is 5.92 Å². The average molecular weight is 274 g/mol. The van der Waals surface area contributed by atoms with Gasteiger partial charge in [-0.2, -0.15) is 0 Å². The van der Waals surface area contributed by atoms with E-state index in [-0.39, 0.29) is 24.5 Å². The highest BCUT2D eigenvalue weighted by Gasteiger charge is 2.33. The molecule has 1 aliphatic rings. The number of amides is 1. The SMILES string of the molecule is O=C(N[C@H]1C[C@H](CO)[C@@H](O)C1)c1ccc2[nH]ccc2c1. The summed E-state index contributed by atoms with van der Waals surface area (Å²) in [5.41, 5.74) is 1.61. The Bertz CT molecular complexity index is 622. The molecule has 0 radical (unpaired) electrons. The summed E-state index contributed by atoms with van der Waals surface area (Å²) < 4.78 is 0. The van der Waals surface area contributed by atoms with E-state index in [9.17, 15) is 9.90 Å². The van der Waals surface area contributed by atoms with Gasteiger partial charge in [0.05, 0.1) is 6.10 Å². The Morgan fingerprint density at radius 2 is 2.20 bits per heavy atom. The number of hydrogen-bond donors (Lipinski definition) is 4. The molecule has 1 aliphatic carbocycles. The monoisotopic (exact) mass is 274 g/mol. The second-order valence-electron chi connectivity index (χ2n) is 5.43. The van der Waals surface area contributed by atoms with Gasteiger partial charge in [-0.05, 0) is 37.1 Å². The van der Waals surface area contributed by atoms with Crippen molar-refractivity contribution in [1.82, 2.24) is 10.3 Å². The summed E-state index contributed by atoms with van der Waals surface area (Å²) in [6.45, 7) is -0.0388. The number of benzene rings is 1. The molecule has 1 saturated carbocycles. The van der Waals surface area contributed by atoms with Gasteiger partial charge in [-0.15, -0.1) is 0 Å². The molecule has 5 nitrogen and oxygen atoms in total. The second-order valence-corrected chi connectivity index (χ2v) is 5.43. The Labute approximate surface area is 116 Å². The van der Waals surface area contributed by atoms with Crippen molar-refractivity contribution in [3.05, 3.63) is 36.0 Å². The van der Waals surface area contributed by atoms with Gasteiger partial charge in [0.25, 0.3) is 5.91 Å².